The van der Waals surface area contributed by atoms with Gasteiger partial charge in [-0.2, -0.15) is 0 Å². The van der Waals surface area contributed by atoms with Crippen molar-refractivity contribution in [1.29, 1.82) is 0 Å². The van der Waals surface area contributed by atoms with Crippen molar-refractivity contribution in [2.75, 3.05) is 13.7 Å². The highest BCUT2D eigenvalue weighted by atomic mass is 16.6. The summed E-state index contributed by atoms with van der Waals surface area (Å²) in [5.74, 6) is -0.772. The molecule has 0 radical (unpaired) electrons. The van der Waals surface area contributed by atoms with Gasteiger partial charge in [0.1, 0.15) is 5.75 Å². The van der Waals surface area contributed by atoms with Crippen molar-refractivity contribution in [3.05, 3.63) is 64.8 Å². The van der Waals surface area contributed by atoms with Gasteiger partial charge >= 0.3 is 11.9 Å². The van der Waals surface area contributed by atoms with Crippen molar-refractivity contribution in [2.24, 2.45) is 0 Å². The number of carbonyl (C=O) groups is 2. The summed E-state index contributed by atoms with van der Waals surface area (Å²) in [6.07, 6.45) is 0. The van der Waals surface area contributed by atoms with Crippen LogP contribution >= 0.6 is 0 Å². The molecule has 6 nitrogen and oxygen atoms in total. The fraction of sp³-hybridized carbons (Fsp3) is 0.238. The summed E-state index contributed by atoms with van der Waals surface area (Å²) >= 11 is 0. The molecule has 1 N–H and O–H groups in total. The maximum Gasteiger partial charge on any atom is 0.343 e. The third kappa shape index (κ3) is 3.79. The number of carboxylic acids is 1. The first-order valence-electron chi connectivity index (χ1n) is 8.52. The summed E-state index contributed by atoms with van der Waals surface area (Å²) in [7, 11) is 1.32. The molecule has 0 aliphatic carbocycles. The van der Waals surface area contributed by atoms with Crippen molar-refractivity contribution in [3.8, 4) is 5.75 Å². The number of aryl methyl sites for hydroxylation is 1. The van der Waals surface area contributed by atoms with E-state index in [0.29, 0.717) is 12.3 Å². The summed E-state index contributed by atoms with van der Waals surface area (Å²) in [6, 6.07) is 12.7. The van der Waals surface area contributed by atoms with E-state index >= 15 is 0 Å². The van der Waals surface area contributed by atoms with Crippen molar-refractivity contribution in [3.63, 3.8) is 0 Å². The molecule has 0 unspecified atom stereocenters. The van der Waals surface area contributed by atoms with E-state index in [1.54, 1.807) is 18.2 Å². The predicted molar refractivity (Wildman–Crippen MR) is 101 cm³/mol. The van der Waals surface area contributed by atoms with Crippen LogP contribution in [0.5, 0.6) is 5.75 Å². The predicted octanol–water partition coefficient (Wildman–Crippen LogP) is 3.56. The number of esters is 1. The second-order valence-corrected chi connectivity index (χ2v) is 6.35. The van der Waals surface area contributed by atoms with Crippen LogP contribution in [0.25, 0.3) is 10.9 Å². The van der Waals surface area contributed by atoms with E-state index in [9.17, 15) is 14.7 Å². The Morgan fingerprint density at radius 3 is 2.59 bits per heavy atom. The normalized spacial score (nSPS) is 10.8. The van der Waals surface area contributed by atoms with Gasteiger partial charge in [0.15, 0.2) is 6.61 Å². The highest BCUT2D eigenvalue weighted by Crippen LogP contribution is 2.27. The molecule has 0 amide bonds. The van der Waals surface area contributed by atoms with Gasteiger partial charge in [-0.25, -0.2) is 9.59 Å². The lowest BCUT2D eigenvalue weighted by Gasteiger charge is -2.11. The zero-order chi connectivity index (χ0) is 19.6. The van der Waals surface area contributed by atoms with Crippen molar-refractivity contribution < 1.29 is 24.2 Å². The van der Waals surface area contributed by atoms with Crippen molar-refractivity contribution in [2.45, 2.75) is 20.4 Å². The van der Waals surface area contributed by atoms with Crippen LogP contribution in [0.4, 0.5) is 0 Å². The summed E-state index contributed by atoms with van der Waals surface area (Å²) in [4.78, 5) is 22.5. The average Bonchev–Trinajstić information content (AvgIpc) is 2.91. The minimum atomic E-state index is -0.933. The van der Waals surface area contributed by atoms with Crippen LogP contribution < -0.4 is 4.74 Å². The minimum Gasteiger partial charge on any atom is -0.482 e. The Hall–Kier alpha value is -3.28. The number of aromatic nitrogens is 1. The lowest BCUT2D eigenvalue weighted by molar-refractivity contribution is -0.142. The number of aromatic carboxylic acids is 1. The molecule has 1 aromatic heterocycles. The Bertz CT molecular complexity index is 1020. The molecule has 140 valence electrons. The Morgan fingerprint density at radius 1 is 1.11 bits per heavy atom. The number of carboxylic acid groups (broad SMARTS) is 1. The number of hydrogen-bond donors (Lipinski definition) is 1. The zero-order valence-electron chi connectivity index (χ0n) is 15.5. The highest BCUT2D eigenvalue weighted by Gasteiger charge is 2.14. The van der Waals surface area contributed by atoms with Crippen LogP contribution in [0.1, 0.15) is 27.2 Å². The zero-order valence-corrected chi connectivity index (χ0v) is 15.5. The van der Waals surface area contributed by atoms with E-state index in [-0.39, 0.29) is 12.2 Å². The number of fused-ring (bicyclic) bond motifs is 1. The molecule has 2 aromatic carbocycles. The number of rotatable bonds is 6. The fourth-order valence-corrected chi connectivity index (χ4v) is 3.10. The molecule has 0 saturated heterocycles. The Kier molecular flexibility index (Phi) is 5.16. The molecular formula is C21H21NO5. The van der Waals surface area contributed by atoms with Crippen LogP contribution in [0.15, 0.2) is 42.5 Å². The summed E-state index contributed by atoms with van der Waals surface area (Å²) in [6.45, 7) is 4.49. The lowest BCUT2D eigenvalue weighted by Crippen LogP contribution is -2.12. The third-order valence-corrected chi connectivity index (χ3v) is 4.71. The highest BCUT2D eigenvalue weighted by molar-refractivity contribution is 5.95. The Labute approximate surface area is 156 Å². The van der Waals surface area contributed by atoms with Gasteiger partial charge in [-0.05, 0) is 55.3 Å². The molecule has 6 heteroatoms. The topological polar surface area (TPSA) is 77.8 Å². The first-order chi connectivity index (χ1) is 12.9. The van der Waals surface area contributed by atoms with E-state index in [2.05, 4.69) is 9.30 Å². The molecule has 0 bridgehead atoms. The molecule has 1 heterocycles. The number of carbonyl (C=O) groups excluding carboxylic acids is 1. The number of nitrogens with zero attached hydrogens (tertiary/aromatic N) is 1. The standard InChI is InChI=1S/C21H21NO5/c1-13-14(2)22(19-8-7-16(21(24)25)10-18(13)19)11-15-5-4-6-17(9-15)27-12-20(23)26-3/h4-10H,11-12H2,1-3H3,(H,24,25). The second-order valence-electron chi connectivity index (χ2n) is 6.35. The quantitative estimate of drug-likeness (QED) is 0.674. The van der Waals surface area contributed by atoms with Gasteiger partial charge < -0.3 is 19.1 Å². The van der Waals surface area contributed by atoms with Crippen LogP contribution in [0.2, 0.25) is 0 Å². The smallest absolute Gasteiger partial charge is 0.343 e. The molecule has 0 atom stereocenters. The number of benzene rings is 2. The van der Waals surface area contributed by atoms with E-state index in [4.69, 9.17) is 4.74 Å². The molecule has 0 aliphatic rings. The summed E-state index contributed by atoms with van der Waals surface area (Å²) in [5.41, 5.74) is 4.41. The fourth-order valence-electron chi connectivity index (χ4n) is 3.10. The molecule has 3 aromatic rings. The monoisotopic (exact) mass is 367 g/mol. The van der Waals surface area contributed by atoms with Crippen LogP contribution in [-0.4, -0.2) is 35.3 Å². The molecule has 0 aliphatic heterocycles. The van der Waals surface area contributed by atoms with Gasteiger partial charge in [0.2, 0.25) is 0 Å². The van der Waals surface area contributed by atoms with Crippen LogP contribution in [0, 0.1) is 13.8 Å². The lowest BCUT2D eigenvalue weighted by atomic mass is 10.1. The molecule has 0 saturated carbocycles. The number of ether oxygens (including phenoxy) is 2. The largest absolute Gasteiger partial charge is 0.482 e. The van der Waals surface area contributed by atoms with Gasteiger partial charge in [-0.1, -0.05) is 12.1 Å². The molecule has 0 spiro atoms. The second kappa shape index (κ2) is 7.53. The Balaban J connectivity index is 1.92. The molecular weight excluding hydrogens is 346 g/mol. The van der Waals surface area contributed by atoms with Gasteiger partial charge in [0, 0.05) is 23.1 Å². The maximum atomic E-state index is 11.3. The number of methoxy groups -OCH3 is 1. The minimum absolute atomic E-state index is 0.136. The number of hydrogen-bond acceptors (Lipinski definition) is 4. The van der Waals surface area contributed by atoms with Gasteiger partial charge in [0.25, 0.3) is 0 Å². The van der Waals surface area contributed by atoms with E-state index in [1.807, 2.05) is 38.1 Å². The van der Waals surface area contributed by atoms with E-state index < -0.39 is 11.9 Å². The van der Waals surface area contributed by atoms with Crippen molar-refractivity contribution in [1.82, 2.24) is 4.57 Å². The molecule has 0 fully saturated rings. The Morgan fingerprint density at radius 2 is 1.89 bits per heavy atom. The van der Waals surface area contributed by atoms with Gasteiger partial charge in [-0.3, -0.25) is 0 Å². The van der Waals surface area contributed by atoms with Crippen LogP contribution in [0.3, 0.4) is 0 Å². The molecule has 27 heavy (non-hydrogen) atoms. The summed E-state index contributed by atoms with van der Waals surface area (Å²) < 4.78 is 12.2. The first kappa shape index (κ1) is 18.5. The van der Waals surface area contributed by atoms with Crippen molar-refractivity contribution >= 4 is 22.8 Å². The SMILES string of the molecule is COC(=O)COc1cccc(Cn2c(C)c(C)c3cc(C(=O)O)ccc32)c1. The average molecular weight is 367 g/mol. The third-order valence-electron chi connectivity index (χ3n) is 4.71. The summed E-state index contributed by atoms with van der Waals surface area (Å²) in [5, 5.41) is 10.2. The van der Waals surface area contributed by atoms with E-state index in [0.717, 1.165) is 27.7 Å². The van der Waals surface area contributed by atoms with Crippen LogP contribution in [-0.2, 0) is 16.1 Å². The first-order valence-corrected chi connectivity index (χ1v) is 8.52. The van der Waals surface area contributed by atoms with Gasteiger partial charge in [-0.15, -0.1) is 0 Å². The molecule has 3 rings (SSSR count). The van der Waals surface area contributed by atoms with Gasteiger partial charge in [0.05, 0.1) is 12.7 Å². The maximum absolute atomic E-state index is 11.3. The van der Waals surface area contributed by atoms with E-state index in [1.165, 1.54) is 7.11 Å².